The smallest absolute Gasteiger partial charge is 0.337 e. The Morgan fingerprint density at radius 1 is 1.17 bits per heavy atom. The van der Waals surface area contributed by atoms with Crippen LogP contribution in [-0.4, -0.2) is 79.9 Å². The first kappa shape index (κ1) is 32.7. The van der Waals surface area contributed by atoms with Gasteiger partial charge in [0.25, 0.3) is 0 Å². The van der Waals surface area contributed by atoms with Gasteiger partial charge in [-0.25, -0.2) is 14.2 Å². The highest BCUT2D eigenvalue weighted by Gasteiger charge is 2.36. The lowest BCUT2D eigenvalue weighted by Gasteiger charge is -2.45. The Morgan fingerprint density at radius 2 is 1.92 bits per heavy atom. The van der Waals surface area contributed by atoms with Gasteiger partial charge in [0, 0.05) is 91.4 Å². The molecular weight excluding hydrogens is 613 g/mol. The molecule has 48 heavy (non-hydrogen) atoms. The minimum Gasteiger partial charge on any atom is -0.490 e. The Hall–Kier alpha value is -3.80. The largest absolute Gasteiger partial charge is 0.490 e. The molecule has 0 radical (unpaired) electrons. The number of carbonyl (C=O) groups is 1. The molecule has 3 aliphatic heterocycles. The maximum Gasteiger partial charge on any atom is 0.337 e. The summed E-state index contributed by atoms with van der Waals surface area (Å²) in [6.45, 7) is 14.4. The van der Waals surface area contributed by atoms with Gasteiger partial charge in [0.2, 0.25) is 0 Å². The Balaban J connectivity index is 1.31. The molecule has 1 aromatic carbocycles. The number of hydrogen-bond donors (Lipinski definition) is 1. The quantitative estimate of drug-likeness (QED) is 0.237. The molecule has 3 aromatic heterocycles. The van der Waals surface area contributed by atoms with Crippen LogP contribution in [0.1, 0.15) is 68.5 Å². The summed E-state index contributed by atoms with van der Waals surface area (Å²) < 4.78 is 37.3. The number of aryl methyl sites for hydroxylation is 2. The zero-order valence-electron chi connectivity index (χ0n) is 28.8. The van der Waals surface area contributed by atoms with Crippen LogP contribution in [0.2, 0.25) is 0 Å². The minimum atomic E-state index is -1.32. The van der Waals surface area contributed by atoms with Crippen LogP contribution < -0.4 is 4.74 Å². The first-order valence-electron chi connectivity index (χ1n) is 17.1. The number of pyridine rings is 1. The lowest BCUT2D eigenvalue weighted by Crippen LogP contribution is -2.54. The van der Waals surface area contributed by atoms with E-state index in [2.05, 4.69) is 11.1 Å². The second kappa shape index (κ2) is 12.6. The van der Waals surface area contributed by atoms with Gasteiger partial charge in [-0.2, -0.15) is 5.10 Å². The molecule has 11 heteroatoms. The predicted octanol–water partition coefficient (Wildman–Crippen LogP) is 6.24. The fraction of sp³-hybridized carbons (Fsp3) is 0.541. The van der Waals surface area contributed by atoms with E-state index in [0.717, 1.165) is 79.9 Å². The molecule has 0 aliphatic carbocycles. The number of fused-ring (bicyclic) bond motifs is 2. The molecule has 0 spiro atoms. The molecule has 7 rings (SSSR count). The molecular formula is C37H46FN5O5. The highest BCUT2D eigenvalue weighted by Crippen LogP contribution is 2.45. The summed E-state index contributed by atoms with van der Waals surface area (Å²) in [5, 5.41) is 16.0. The van der Waals surface area contributed by atoms with Crippen molar-refractivity contribution in [3.05, 3.63) is 52.7 Å². The maximum absolute atomic E-state index is 15.8. The van der Waals surface area contributed by atoms with Crippen LogP contribution in [0.5, 0.6) is 5.75 Å². The zero-order valence-corrected chi connectivity index (χ0v) is 28.8. The van der Waals surface area contributed by atoms with E-state index in [9.17, 15) is 9.90 Å². The first-order chi connectivity index (χ1) is 22.9. The number of carboxylic acids is 1. The second-order valence-electron chi connectivity index (χ2n) is 14.7. The Morgan fingerprint density at radius 3 is 2.62 bits per heavy atom. The summed E-state index contributed by atoms with van der Waals surface area (Å²) in [5.41, 5.74) is 5.62. The average molecular weight is 660 g/mol. The number of aliphatic carboxylic acids is 1. The van der Waals surface area contributed by atoms with Gasteiger partial charge in [0.05, 0.1) is 24.1 Å². The van der Waals surface area contributed by atoms with Gasteiger partial charge in [0.1, 0.15) is 5.65 Å². The van der Waals surface area contributed by atoms with Gasteiger partial charge in [-0.3, -0.25) is 9.58 Å². The van der Waals surface area contributed by atoms with Crippen molar-refractivity contribution in [2.24, 2.45) is 13.0 Å². The molecule has 2 saturated heterocycles. The monoisotopic (exact) mass is 659 g/mol. The summed E-state index contributed by atoms with van der Waals surface area (Å²) >= 11 is 0. The van der Waals surface area contributed by atoms with Crippen molar-refractivity contribution < 1.29 is 28.5 Å². The number of hydrogen-bond acceptors (Lipinski definition) is 7. The van der Waals surface area contributed by atoms with Crippen LogP contribution in [0.3, 0.4) is 0 Å². The molecule has 10 nitrogen and oxygen atoms in total. The van der Waals surface area contributed by atoms with E-state index in [1.807, 2.05) is 56.3 Å². The normalized spacial score (nSPS) is 18.5. The lowest BCUT2D eigenvalue weighted by molar-refractivity contribution is -0.160. The van der Waals surface area contributed by atoms with E-state index in [-0.39, 0.29) is 5.75 Å². The zero-order chi connectivity index (χ0) is 33.9. The molecule has 1 N–H and O–H groups in total. The Kier molecular flexibility index (Phi) is 8.58. The maximum atomic E-state index is 15.8. The highest BCUT2D eigenvalue weighted by molar-refractivity contribution is 6.01. The number of likely N-dealkylation sites (tertiary alicyclic amines) is 1. The van der Waals surface area contributed by atoms with Crippen LogP contribution in [0.4, 0.5) is 4.39 Å². The molecule has 2 fully saturated rings. The fourth-order valence-corrected chi connectivity index (χ4v) is 7.78. The molecule has 1 unspecified atom stereocenters. The minimum absolute atomic E-state index is 0.287. The number of halogens is 1. The molecule has 4 aromatic rings. The molecule has 0 amide bonds. The Labute approximate surface area is 280 Å². The molecule has 0 bridgehead atoms. The number of nitrogens with zero attached hydrogens (tertiary/aromatic N) is 5. The van der Waals surface area contributed by atoms with Crippen LogP contribution >= 0.6 is 0 Å². The number of carboxylic acid groups (broad SMARTS) is 1. The first-order valence-corrected chi connectivity index (χ1v) is 17.1. The van der Waals surface area contributed by atoms with Crippen molar-refractivity contribution >= 4 is 17.0 Å². The fourth-order valence-electron chi connectivity index (χ4n) is 7.78. The topological polar surface area (TPSA) is 104 Å². The van der Waals surface area contributed by atoms with Crippen LogP contribution in [0.15, 0.2) is 24.5 Å². The van der Waals surface area contributed by atoms with Crippen LogP contribution in [0.25, 0.3) is 33.4 Å². The summed E-state index contributed by atoms with van der Waals surface area (Å²) in [6, 6.07) is 4.14. The van der Waals surface area contributed by atoms with Crippen molar-refractivity contribution in [3.63, 3.8) is 0 Å². The third-order valence-corrected chi connectivity index (χ3v) is 10.1. The third-order valence-electron chi connectivity index (χ3n) is 10.1. The van der Waals surface area contributed by atoms with E-state index in [1.54, 1.807) is 6.92 Å². The number of aromatic nitrogens is 4. The van der Waals surface area contributed by atoms with Crippen LogP contribution in [-0.2, 0) is 34.3 Å². The van der Waals surface area contributed by atoms with E-state index in [4.69, 9.17) is 24.3 Å². The van der Waals surface area contributed by atoms with Gasteiger partial charge >= 0.3 is 5.97 Å². The van der Waals surface area contributed by atoms with Crippen molar-refractivity contribution in [1.82, 2.24) is 24.2 Å². The second-order valence-corrected chi connectivity index (χ2v) is 14.7. The molecule has 1 atom stereocenters. The van der Waals surface area contributed by atoms with Gasteiger partial charge in [-0.05, 0) is 83.6 Å². The summed E-state index contributed by atoms with van der Waals surface area (Å²) in [6.07, 6.45) is 6.32. The predicted molar refractivity (Wildman–Crippen MR) is 181 cm³/mol. The third kappa shape index (κ3) is 6.01. The van der Waals surface area contributed by atoms with Crippen molar-refractivity contribution in [1.29, 1.82) is 0 Å². The van der Waals surface area contributed by atoms with Crippen LogP contribution in [0, 0.1) is 25.6 Å². The van der Waals surface area contributed by atoms with E-state index >= 15 is 4.39 Å². The van der Waals surface area contributed by atoms with Gasteiger partial charge in [-0.15, -0.1) is 0 Å². The van der Waals surface area contributed by atoms with Gasteiger partial charge in [-0.1, -0.05) is 0 Å². The van der Waals surface area contributed by atoms with Gasteiger partial charge in [0.15, 0.2) is 17.7 Å². The number of benzene rings is 1. The summed E-state index contributed by atoms with van der Waals surface area (Å²) in [4.78, 5) is 20.4. The van der Waals surface area contributed by atoms with E-state index in [1.165, 1.54) is 6.07 Å². The molecule has 0 saturated carbocycles. The molecule has 3 aliphatic rings. The summed E-state index contributed by atoms with van der Waals surface area (Å²) in [5.74, 6) is -0.742. The number of ether oxygens (including phenoxy) is 3. The molecule has 256 valence electrons. The van der Waals surface area contributed by atoms with Gasteiger partial charge < -0.3 is 23.9 Å². The van der Waals surface area contributed by atoms with Crippen molar-refractivity contribution in [2.75, 3.05) is 32.9 Å². The molecule has 6 heterocycles. The SMILES string of the molecule is Cc1nc2c(cc(-c3cnn(CC4CN(C5CCOCC5)C4)c3)n2C)c(-c2cc(F)c3c(c2C)CCCO3)c1C(OC(C)(C)C)C(=O)O. The average Bonchev–Trinajstić information content (AvgIpc) is 3.63. The lowest BCUT2D eigenvalue weighted by atomic mass is 9.86. The van der Waals surface area contributed by atoms with Crippen molar-refractivity contribution in [2.45, 2.75) is 84.6 Å². The standard InChI is InChI=1S/C37H46FN5O5/c1-21-26-8-7-11-47-33(26)29(38)14-27(21)32-28-15-30(41(6)35(28)40-22(2)31(32)34(36(44)45)48-37(3,4)5)24-16-39-43(20-24)19-23-17-42(18-23)25-9-12-46-13-10-25/h14-16,20,23,25,34H,7-13,17-19H2,1-6H3,(H,44,45). The Bertz CT molecular complexity index is 1860. The van der Waals surface area contributed by atoms with E-state index < -0.39 is 23.5 Å². The number of rotatable bonds is 8. The van der Waals surface area contributed by atoms with Crippen molar-refractivity contribution in [3.8, 4) is 28.1 Å². The highest BCUT2D eigenvalue weighted by atomic mass is 19.1. The van der Waals surface area contributed by atoms with E-state index in [0.29, 0.717) is 53.0 Å². The summed E-state index contributed by atoms with van der Waals surface area (Å²) in [7, 11) is 1.96.